The number of amides is 1. The maximum Gasteiger partial charge on any atom is 0.410 e. The number of rotatable bonds is 7. The standard InChI is InChI=1S/C21H34N2O3/c1-21(2,3)26-20(24)23(14-15-25-4)17-19-10-12-22(13-11-19)16-18-8-6-5-7-9-18/h5-9,19H,10-17H2,1-4H3. The van der Waals surface area contributed by atoms with Crippen LogP contribution in [0.1, 0.15) is 39.2 Å². The Morgan fingerprint density at radius 1 is 1.19 bits per heavy atom. The number of piperidine rings is 1. The van der Waals surface area contributed by atoms with Crippen LogP contribution in [0.4, 0.5) is 4.79 Å². The van der Waals surface area contributed by atoms with Crippen molar-refractivity contribution in [3.63, 3.8) is 0 Å². The summed E-state index contributed by atoms with van der Waals surface area (Å²) in [5.74, 6) is 0.520. The van der Waals surface area contributed by atoms with Crippen molar-refractivity contribution in [3.8, 4) is 0 Å². The van der Waals surface area contributed by atoms with Crippen LogP contribution < -0.4 is 0 Å². The molecule has 0 unspecified atom stereocenters. The molecule has 146 valence electrons. The molecule has 0 saturated carbocycles. The molecule has 1 fully saturated rings. The SMILES string of the molecule is COCCN(CC1CCN(Cc2ccccc2)CC1)C(=O)OC(C)(C)C. The molecule has 0 radical (unpaired) electrons. The quantitative estimate of drug-likeness (QED) is 0.740. The minimum absolute atomic E-state index is 0.235. The van der Waals surface area contributed by atoms with Gasteiger partial charge >= 0.3 is 6.09 Å². The molecule has 1 amide bonds. The predicted octanol–water partition coefficient (Wildman–Crippen LogP) is 3.78. The van der Waals surface area contributed by atoms with E-state index in [0.29, 0.717) is 19.1 Å². The van der Waals surface area contributed by atoms with Gasteiger partial charge in [-0.1, -0.05) is 30.3 Å². The van der Waals surface area contributed by atoms with E-state index in [9.17, 15) is 4.79 Å². The molecule has 5 nitrogen and oxygen atoms in total. The van der Waals surface area contributed by atoms with Gasteiger partial charge in [0.25, 0.3) is 0 Å². The number of methoxy groups -OCH3 is 1. The van der Waals surface area contributed by atoms with E-state index in [1.165, 1.54) is 5.56 Å². The molecule has 5 heteroatoms. The fourth-order valence-corrected chi connectivity index (χ4v) is 3.27. The van der Waals surface area contributed by atoms with E-state index in [1.54, 1.807) is 7.11 Å². The number of nitrogens with zero attached hydrogens (tertiary/aromatic N) is 2. The Morgan fingerprint density at radius 3 is 2.42 bits per heavy atom. The highest BCUT2D eigenvalue weighted by molar-refractivity contribution is 5.68. The first kappa shape index (κ1) is 20.7. The Morgan fingerprint density at radius 2 is 1.85 bits per heavy atom. The number of carbonyl (C=O) groups excluding carboxylic acids is 1. The summed E-state index contributed by atoms with van der Waals surface area (Å²) in [6.45, 7) is 10.7. The van der Waals surface area contributed by atoms with Crippen molar-refractivity contribution in [1.29, 1.82) is 0 Å². The fraction of sp³-hybridized carbons (Fsp3) is 0.667. The summed E-state index contributed by atoms with van der Waals surface area (Å²) >= 11 is 0. The van der Waals surface area contributed by atoms with E-state index >= 15 is 0 Å². The lowest BCUT2D eigenvalue weighted by Gasteiger charge is -2.35. The largest absolute Gasteiger partial charge is 0.444 e. The number of hydrogen-bond donors (Lipinski definition) is 0. The summed E-state index contributed by atoms with van der Waals surface area (Å²) in [5, 5.41) is 0. The third-order valence-electron chi connectivity index (χ3n) is 4.65. The number of carbonyl (C=O) groups is 1. The van der Waals surface area contributed by atoms with Crippen LogP contribution >= 0.6 is 0 Å². The highest BCUT2D eigenvalue weighted by atomic mass is 16.6. The molecule has 1 saturated heterocycles. The van der Waals surface area contributed by atoms with E-state index in [2.05, 4.69) is 35.2 Å². The van der Waals surface area contributed by atoms with Crippen molar-refractivity contribution in [3.05, 3.63) is 35.9 Å². The second-order valence-electron chi connectivity index (χ2n) is 8.12. The molecule has 0 N–H and O–H groups in total. The second kappa shape index (κ2) is 9.93. The molecule has 1 aliphatic heterocycles. The maximum atomic E-state index is 12.5. The smallest absolute Gasteiger partial charge is 0.410 e. The zero-order valence-electron chi connectivity index (χ0n) is 16.7. The van der Waals surface area contributed by atoms with E-state index in [1.807, 2.05) is 25.7 Å². The first-order valence-electron chi connectivity index (χ1n) is 9.60. The summed E-state index contributed by atoms with van der Waals surface area (Å²) in [6, 6.07) is 10.6. The predicted molar refractivity (Wildman–Crippen MR) is 104 cm³/mol. The van der Waals surface area contributed by atoms with Crippen molar-refractivity contribution >= 4 is 6.09 Å². The van der Waals surface area contributed by atoms with Crippen molar-refractivity contribution in [2.75, 3.05) is 39.9 Å². The Kier molecular flexibility index (Phi) is 7.91. The molecule has 0 aromatic heterocycles. The molecule has 1 aromatic rings. The summed E-state index contributed by atoms with van der Waals surface area (Å²) in [6.07, 6.45) is 1.99. The van der Waals surface area contributed by atoms with Crippen LogP contribution in [0.5, 0.6) is 0 Å². The van der Waals surface area contributed by atoms with Gasteiger partial charge in [0.1, 0.15) is 5.60 Å². The van der Waals surface area contributed by atoms with E-state index in [4.69, 9.17) is 9.47 Å². The Labute approximate surface area is 158 Å². The average Bonchev–Trinajstić information content (AvgIpc) is 2.59. The lowest BCUT2D eigenvalue weighted by Crippen LogP contribution is -2.43. The Hall–Kier alpha value is -1.59. The van der Waals surface area contributed by atoms with E-state index in [-0.39, 0.29) is 6.09 Å². The molecule has 0 spiro atoms. The number of likely N-dealkylation sites (tertiary alicyclic amines) is 1. The van der Waals surface area contributed by atoms with Crippen LogP contribution in [-0.2, 0) is 16.0 Å². The molecule has 1 aliphatic rings. The molecule has 1 aromatic carbocycles. The Balaban J connectivity index is 1.82. The minimum Gasteiger partial charge on any atom is -0.444 e. The van der Waals surface area contributed by atoms with Crippen molar-refractivity contribution in [1.82, 2.24) is 9.80 Å². The number of benzene rings is 1. The summed E-state index contributed by atoms with van der Waals surface area (Å²) in [7, 11) is 1.66. The lowest BCUT2D eigenvalue weighted by atomic mass is 9.96. The van der Waals surface area contributed by atoms with Gasteiger partial charge in [0.05, 0.1) is 6.61 Å². The molecule has 0 atom stereocenters. The summed E-state index contributed by atoms with van der Waals surface area (Å²) < 4.78 is 10.7. The van der Waals surface area contributed by atoms with Crippen molar-refractivity contribution in [2.24, 2.45) is 5.92 Å². The number of hydrogen-bond acceptors (Lipinski definition) is 4. The molecular weight excluding hydrogens is 328 g/mol. The topological polar surface area (TPSA) is 42.0 Å². The normalized spacial score (nSPS) is 16.5. The first-order valence-corrected chi connectivity index (χ1v) is 9.60. The third-order valence-corrected chi connectivity index (χ3v) is 4.65. The van der Waals surface area contributed by atoms with Crippen LogP contribution in [0.3, 0.4) is 0 Å². The van der Waals surface area contributed by atoms with E-state index in [0.717, 1.165) is 39.0 Å². The van der Waals surface area contributed by atoms with Crippen molar-refractivity contribution in [2.45, 2.75) is 45.8 Å². The van der Waals surface area contributed by atoms with Gasteiger partial charge in [-0.15, -0.1) is 0 Å². The van der Waals surface area contributed by atoms with Crippen LogP contribution in [0.15, 0.2) is 30.3 Å². The molecular formula is C21H34N2O3. The monoisotopic (exact) mass is 362 g/mol. The van der Waals surface area contributed by atoms with Gasteiger partial charge in [0, 0.05) is 26.7 Å². The lowest BCUT2D eigenvalue weighted by molar-refractivity contribution is 0.0141. The van der Waals surface area contributed by atoms with Gasteiger partial charge in [-0.3, -0.25) is 4.90 Å². The van der Waals surface area contributed by atoms with Gasteiger partial charge in [0.15, 0.2) is 0 Å². The molecule has 2 rings (SSSR count). The van der Waals surface area contributed by atoms with Gasteiger partial charge in [-0.2, -0.15) is 0 Å². The first-order chi connectivity index (χ1) is 12.4. The highest BCUT2D eigenvalue weighted by Gasteiger charge is 2.26. The minimum atomic E-state index is -0.471. The average molecular weight is 363 g/mol. The third kappa shape index (κ3) is 7.34. The summed E-state index contributed by atoms with van der Waals surface area (Å²) in [5.41, 5.74) is 0.892. The molecule has 1 heterocycles. The summed E-state index contributed by atoms with van der Waals surface area (Å²) in [4.78, 5) is 16.8. The van der Waals surface area contributed by atoms with Gasteiger partial charge in [-0.25, -0.2) is 4.79 Å². The molecule has 0 aliphatic carbocycles. The highest BCUT2D eigenvalue weighted by Crippen LogP contribution is 2.21. The van der Waals surface area contributed by atoms with Gasteiger partial charge in [0.2, 0.25) is 0 Å². The molecule has 0 bridgehead atoms. The maximum absolute atomic E-state index is 12.5. The van der Waals surface area contributed by atoms with Gasteiger partial charge in [-0.05, 0) is 58.2 Å². The van der Waals surface area contributed by atoms with Crippen LogP contribution in [0.25, 0.3) is 0 Å². The Bertz CT molecular complexity index is 534. The zero-order valence-corrected chi connectivity index (χ0v) is 16.7. The van der Waals surface area contributed by atoms with Crippen LogP contribution in [0, 0.1) is 5.92 Å². The zero-order chi connectivity index (χ0) is 19.0. The van der Waals surface area contributed by atoms with E-state index < -0.39 is 5.60 Å². The molecule has 26 heavy (non-hydrogen) atoms. The van der Waals surface area contributed by atoms with Crippen LogP contribution in [0.2, 0.25) is 0 Å². The number of ether oxygens (including phenoxy) is 2. The van der Waals surface area contributed by atoms with Gasteiger partial charge < -0.3 is 14.4 Å². The second-order valence-corrected chi connectivity index (χ2v) is 8.12. The fourth-order valence-electron chi connectivity index (χ4n) is 3.27. The van der Waals surface area contributed by atoms with Crippen molar-refractivity contribution < 1.29 is 14.3 Å². The van der Waals surface area contributed by atoms with Crippen LogP contribution in [-0.4, -0.2) is 61.4 Å².